The van der Waals surface area contributed by atoms with Crippen molar-refractivity contribution in [2.45, 2.75) is 207 Å². The normalized spacial score (nSPS) is 30.0. The summed E-state index contributed by atoms with van der Waals surface area (Å²) in [5.74, 6) is -14.2. The van der Waals surface area contributed by atoms with Gasteiger partial charge in [0, 0.05) is 47.7 Å². The second kappa shape index (κ2) is 37.1. The van der Waals surface area contributed by atoms with E-state index in [1.54, 1.807) is 12.1 Å². The van der Waals surface area contributed by atoms with E-state index in [0.29, 0.717) is 5.56 Å². The van der Waals surface area contributed by atoms with Crippen LogP contribution in [0.1, 0.15) is 131 Å². The first-order valence-electron chi connectivity index (χ1n) is 39.9. The SMILES string of the molecule is CN[C@H](CC(C)C)C(=O)N[C@H]1C(=O)N[C@@H](CC(N)=O)C(=O)N[C@H]2C(=O)N[C@H]3C(=O)N[C@H](C(=O)N[C@H](C(=O)NCc4ccc(-c5ccccc5)cc4)c4cc(O)cc(O)c4-c4cc3ccc4O)[C@H](O[C@H]3C[C@](C)(N)[C@@H](O)[C@H](C)O3)c3ccc(cc3)Oc3cc2cc(c3O[C@@H]2O[C@H](CO)[C@@H](O)[C@H](O)[C@H]2O[C@H]2C[C@](C)(N)[C@H](O)[C@H](C)O2)Oc2ccc(cc2Cl)C1O. The van der Waals surface area contributed by atoms with Gasteiger partial charge in [-0.15, -0.1) is 0 Å². The third-order valence-corrected chi connectivity index (χ3v) is 22.9. The zero-order chi connectivity index (χ0) is 88.5. The number of halogens is 1. The molecular formula is C86H100ClN11O25. The van der Waals surface area contributed by atoms with E-state index < -0.39 is 239 Å². The van der Waals surface area contributed by atoms with Gasteiger partial charge in [0.15, 0.2) is 30.2 Å². The highest BCUT2D eigenvalue weighted by Crippen LogP contribution is 2.50. The van der Waals surface area contributed by atoms with Crippen molar-refractivity contribution >= 4 is 58.9 Å². The number of nitrogens with two attached hydrogens (primary N) is 3. The van der Waals surface area contributed by atoms with Gasteiger partial charge in [-0.1, -0.05) is 104 Å². The van der Waals surface area contributed by atoms with E-state index >= 15 is 28.8 Å². The van der Waals surface area contributed by atoms with Crippen LogP contribution in [0.3, 0.4) is 0 Å². The first-order valence-corrected chi connectivity index (χ1v) is 40.3. The smallest absolute Gasteiger partial charge is 0.248 e. The predicted octanol–water partition coefficient (Wildman–Crippen LogP) is 2.59. The molecule has 0 spiro atoms. The number of aliphatic hydroxyl groups excluding tert-OH is 6. The molecule has 8 heterocycles. The number of nitrogens with one attached hydrogen (secondary N) is 8. The summed E-state index contributed by atoms with van der Waals surface area (Å²) in [7, 11) is 1.49. The van der Waals surface area contributed by atoms with Crippen LogP contribution in [0.25, 0.3) is 22.3 Å². The number of carbonyl (C=O) groups is 8. The molecule has 37 heteroatoms. The van der Waals surface area contributed by atoms with Crippen LogP contribution in [0.5, 0.6) is 46.0 Å². The standard InChI is InChI=1S/C86H100ClN11O25/c1-37(2)25-52(91-7)77(109)97-67-69(104)45-20-24-56(51(87)27-45)119-58-29-46-28-57(73(58)123-84-74(71(106)70(105)59(36-99)120-84)122-62-34-86(6,90)76(108)39(4)117-62)118-48-21-17-43(18-22-48)72(121-61-33-85(5,89)75(107)38(3)116-61)68-83(115)96-66(79(111)92-35-40-13-15-42(16-14-40)41-11-9-8-10-12-41)50-30-47(100)31-55(102)63(50)49-26-44(19-23-54(49)101)64(80(112)98-68)95-81(113)65(46)94-78(110)53(32-60(88)103)93-82(67)114/h8-24,26-31,37-39,52-53,59,61-62,64-72,74-76,84,91,99-102,104-108H,25,32-36,89-90H2,1-7H3,(H2,88,103)(H,92,111)(H,93,114)(H,94,110)(H,95,113)(H,96,115)(H,97,109)(H,98,112)/t38-,39-,52+,53-,59+,61-,62-,64+,65+,66-,67+,68-,69?,70+,71-,72+,74+,75-,76+,84-,85-,86-/m0/s1. The lowest BCUT2D eigenvalue weighted by Gasteiger charge is -2.47. The third kappa shape index (κ3) is 19.7. The fourth-order valence-electron chi connectivity index (χ4n) is 16.0. The topological polar surface area (TPSA) is 567 Å². The maximum Gasteiger partial charge on any atom is 0.248 e. The molecule has 8 aliphatic heterocycles. The van der Waals surface area contributed by atoms with Crippen LogP contribution in [-0.2, 0) is 68.6 Å². The van der Waals surface area contributed by atoms with E-state index in [1.807, 2.05) is 56.3 Å². The number of phenols is 3. The molecule has 36 nitrogen and oxygen atoms in total. The number of primary amides is 1. The second-order valence-electron chi connectivity index (χ2n) is 32.6. The molecule has 1 unspecified atom stereocenters. The number of phenolic OH excluding ortho intramolecular Hbond substituents is 3. The molecule has 0 radical (unpaired) electrons. The fraction of sp³-hybridized carbons (Fsp3) is 0.419. The van der Waals surface area contributed by atoms with Gasteiger partial charge < -0.3 is 144 Å². The highest BCUT2D eigenvalue weighted by atomic mass is 35.5. The van der Waals surface area contributed by atoms with Gasteiger partial charge in [0.1, 0.15) is 95.5 Å². The van der Waals surface area contributed by atoms with Crippen molar-refractivity contribution in [3.8, 4) is 68.2 Å². The van der Waals surface area contributed by atoms with Crippen molar-refractivity contribution in [3.05, 3.63) is 178 Å². The molecule has 0 aromatic heterocycles. The quantitative estimate of drug-likeness (QED) is 0.0587. The summed E-state index contributed by atoms with van der Waals surface area (Å²) < 4.78 is 52.4. The lowest BCUT2D eigenvalue weighted by atomic mass is 9.86. The fourth-order valence-corrected chi connectivity index (χ4v) is 16.2. The second-order valence-corrected chi connectivity index (χ2v) is 33.0. The summed E-state index contributed by atoms with van der Waals surface area (Å²) in [4.78, 5) is 123. The Bertz CT molecular complexity index is 5110. The maximum atomic E-state index is 16.6. The van der Waals surface area contributed by atoms with Crippen molar-refractivity contribution in [2.24, 2.45) is 23.1 Å². The Hall–Kier alpha value is -11.2. The van der Waals surface area contributed by atoms with Gasteiger partial charge in [-0.25, -0.2) is 0 Å². The summed E-state index contributed by atoms with van der Waals surface area (Å²) in [6.45, 7) is 8.56. The molecule has 8 amide bonds. The van der Waals surface area contributed by atoms with Crippen LogP contribution in [0.15, 0.2) is 140 Å². The number of hydrogen-bond donors (Lipinski definition) is 20. The first-order chi connectivity index (χ1) is 58.4. The van der Waals surface area contributed by atoms with Crippen LogP contribution in [0.4, 0.5) is 0 Å². The van der Waals surface area contributed by atoms with Crippen molar-refractivity contribution in [3.63, 3.8) is 0 Å². The molecule has 22 atom stereocenters. The van der Waals surface area contributed by atoms with Gasteiger partial charge >= 0.3 is 0 Å². The van der Waals surface area contributed by atoms with Gasteiger partial charge in [0.2, 0.25) is 59.3 Å². The monoisotopic (exact) mass is 1720 g/mol. The Morgan fingerprint density at radius 2 is 1.24 bits per heavy atom. The van der Waals surface area contributed by atoms with Gasteiger partial charge in [-0.2, -0.15) is 0 Å². The lowest BCUT2D eigenvalue weighted by molar-refractivity contribution is -0.333. The largest absolute Gasteiger partial charge is 0.508 e. The first kappa shape index (κ1) is 89.6. The Morgan fingerprint density at radius 1 is 0.634 bits per heavy atom. The number of fused-ring (bicyclic) bond motifs is 15. The lowest BCUT2D eigenvalue weighted by Crippen LogP contribution is -2.64. The number of hydrogen-bond acceptors (Lipinski definition) is 28. The highest BCUT2D eigenvalue weighted by molar-refractivity contribution is 6.32. The Labute approximate surface area is 710 Å². The average molecular weight is 1720 g/mol. The van der Waals surface area contributed by atoms with Crippen molar-refractivity contribution in [2.75, 3.05) is 13.7 Å². The van der Waals surface area contributed by atoms with Gasteiger partial charge in [0.25, 0.3) is 0 Å². The molecular weight excluding hydrogens is 1620 g/mol. The molecule has 7 aromatic carbocycles. The third-order valence-electron chi connectivity index (χ3n) is 22.6. The molecule has 123 heavy (non-hydrogen) atoms. The minimum atomic E-state index is -2.34. The maximum absolute atomic E-state index is 16.6. The van der Waals surface area contributed by atoms with E-state index in [2.05, 4.69) is 42.5 Å². The molecule has 15 rings (SSSR count). The summed E-state index contributed by atoms with van der Waals surface area (Å²) in [5, 5.41) is 126. The summed E-state index contributed by atoms with van der Waals surface area (Å²) in [5.41, 5.74) is 16.6. The van der Waals surface area contributed by atoms with Crippen LogP contribution in [0.2, 0.25) is 5.02 Å². The summed E-state index contributed by atoms with van der Waals surface area (Å²) >= 11 is 7.19. The molecule has 7 aromatic rings. The van der Waals surface area contributed by atoms with Gasteiger partial charge in [-0.3, -0.25) is 38.4 Å². The van der Waals surface area contributed by atoms with E-state index in [-0.39, 0.29) is 76.1 Å². The number of rotatable bonds is 18. The average Bonchev–Trinajstić information content (AvgIpc) is 0.769. The zero-order valence-corrected chi connectivity index (χ0v) is 68.6. The number of ether oxygens (including phenoxy) is 8. The number of aromatic hydroxyl groups is 3. The van der Waals surface area contributed by atoms with E-state index in [1.165, 1.54) is 71.1 Å². The molecule has 8 aliphatic rings. The minimum absolute atomic E-state index is 0.00208. The van der Waals surface area contributed by atoms with Gasteiger partial charge in [0.05, 0.1) is 48.5 Å². The number of amides is 8. The minimum Gasteiger partial charge on any atom is -0.508 e. The van der Waals surface area contributed by atoms with Crippen LogP contribution >= 0.6 is 11.6 Å². The van der Waals surface area contributed by atoms with Crippen molar-refractivity contribution < 1.29 is 122 Å². The van der Waals surface area contributed by atoms with Gasteiger partial charge in [-0.05, 0) is 146 Å². The van der Waals surface area contributed by atoms with E-state index in [9.17, 15) is 55.5 Å². The van der Waals surface area contributed by atoms with Crippen LogP contribution in [0, 0.1) is 5.92 Å². The molecule has 656 valence electrons. The number of likely N-dealkylation sites (N-methyl/N-ethyl adjacent to an activating group) is 1. The van der Waals surface area contributed by atoms with Crippen molar-refractivity contribution in [1.82, 2.24) is 42.5 Å². The Morgan fingerprint density at radius 3 is 1.87 bits per heavy atom. The number of carbonyl (C=O) groups excluding carboxylic acids is 8. The molecule has 3 fully saturated rings. The molecule has 0 aliphatic carbocycles. The Kier molecular flexibility index (Phi) is 27.0. The highest BCUT2D eigenvalue weighted by Gasteiger charge is 2.53. The number of benzene rings is 7. The van der Waals surface area contributed by atoms with Crippen LogP contribution < -0.4 is 73.9 Å². The molecule has 23 N–H and O–H groups in total. The van der Waals surface area contributed by atoms with Crippen LogP contribution in [-0.4, -0.2) is 210 Å². The molecule has 3 saturated heterocycles. The molecule has 0 saturated carbocycles. The predicted molar refractivity (Wildman–Crippen MR) is 437 cm³/mol. The van der Waals surface area contributed by atoms with E-state index in [0.717, 1.165) is 59.7 Å². The van der Waals surface area contributed by atoms with Crippen molar-refractivity contribution in [1.29, 1.82) is 0 Å². The summed E-state index contributed by atoms with van der Waals surface area (Å²) in [6.07, 6.45) is -22.3. The van der Waals surface area contributed by atoms with E-state index in [4.69, 9.17) is 66.7 Å². The summed E-state index contributed by atoms with van der Waals surface area (Å²) in [6, 6.07) is 19.2. The number of aliphatic hydroxyl groups is 6. The molecule has 11 bridgehead atoms. The zero-order valence-electron chi connectivity index (χ0n) is 67.8. The Balaban J connectivity index is 1.03.